The van der Waals surface area contributed by atoms with Crippen molar-refractivity contribution in [3.8, 4) is 0 Å². The summed E-state index contributed by atoms with van der Waals surface area (Å²) in [6, 6.07) is 3.64. The van der Waals surface area contributed by atoms with Crippen LogP contribution in [0.2, 0.25) is 0 Å². The molecule has 0 aliphatic heterocycles. The third kappa shape index (κ3) is 1.31. The van der Waals surface area contributed by atoms with Crippen molar-refractivity contribution in [2.24, 2.45) is 0 Å². The summed E-state index contributed by atoms with van der Waals surface area (Å²) in [5, 5.41) is 9.65. The number of carbonyl (C=O) groups is 1. The standard InChI is InChI=1S/C10H8N2O2/c1-6-4-7-2-3-11-9(10(13)14)8(7)12-5-6/h2-5H,1H3,(H,13,14). The van der Waals surface area contributed by atoms with E-state index in [1.807, 2.05) is 13.0 Å². The third-order valence-electron chi connectivity index (χ3n) is 1.94. The lowest BCUT2D eigenvalue weighted by Crippen LogP contribution is -2.02. The van der Waals surface area contributed by atoms with E-state index >= 15 is 0 Å². The van der Waals surface area contributed by atoms with Gasteiger partial charge in [-0.05, 0) is 24.6 Å². The van der Waals surface area contributed by atoms with Gasteiger partial charge in [0.2, 0.25) is 0 Å². The minimum Gasteiger partial charge on any atom is -0.476 e. The molecule has 2 aromatic heterocycles. The largest absolute Gasteiger partial charge is 0.476 e. The molecule has 2 heterocycles. The first-order valence-electron chi connectivity index (χ1n) is 4.13. The van der Waals surface area contributed by atoms with E-state index in [1.54, 1.807) is 12.3 Å². The molecule has 2 aromatic rings. The van der Waals surface area contributed by atoms with Crippen LogP contribution in [0.15, 0.2) is 24.5 Å². The minimum atomic E-state index is -1.05. The molecule has 2 rings (SSSR count). The molecule has 1 N–H and O–H groups in total. The molecule has 70 valence electrons. The topological polar surface area (TPSA) is 63.1 Å². The van der Waals surface area contributed by atoms with Crippen molar-refractivity contribution in [3.05, 3.63) is 35.8 Å². The highest BCUT2D eigenvalue weighted by molar-refractivity contribution is 5.99. The molecule has 0 atom stereocenters. The van der Waals surface area contributed by atoms with E-state index in [0.717, 1.165) is 10.9 Å². The summed E-state index contributed by atoms with van der Waals surface area (Å²) in [4.78, 5) is 18.6. The van der Waals surface area contributed by atoms with Crippen molar-refractivity contribution < 1.29 is 9.90 Å². The van der Waals surface area contributed by atoms with E-state index in [9.17, 15) is 4.79 Å². The molecule has 0 aliphatic carbocycles. The molecule has 0 saturated carbocycles. The van der Waals surface area contributed by atoms with E-state index in [-0.39, 0.29) is 5.69 Å². The predicted molar refractivity (Wildman–Crippen MR) is 51.2 cm³/mol. The van der Waals surface area contributed by atoms with Crippen molar-refractivity contribution in [2.75, 3.05) is 0 Å². The molecule has 0 aliphatic rings. The number of pyridine rings is 2. The van der Waals surface area contributed by atoms with Crippen LogP contribution in [0.1, 0.15) is 16.1 Å². The summed E-state index contributed by atoms with van der Waals surface area (Å²) < 4.78 is 0. The normalized spacial score (nSPS) is 10.4. The van der Waals surface area contributed by atoms with E-state index in [4.69, 9.17) is 5.11 Å². The second-order valence-electron chi connectivity index (χ2n) is 3.05. The van der Waals surface area contributed by atoms with Crippen LogP contribution in [0.4, 0.5) is 0 Å². The first kappa shape index (κ1) is 8.62. The summed E-state index contributed by atoms with van der Waals surface area (Å²) in [7, 11) is 0. The second-order valence-corrected chi connectivity index (χ2v) is 3.05. The smallest absolute Gasteiger partial charge is 0.356 e. The SMILES string of the molecule is Cc1cnc2c(C(=O)O)nccc2c1. The van der Waals surface area contributed by atoms with Crippen LogP contribution in [-0.2, 0) is 0 Å². The van der Waals surface area contributed by atoms with Gasteiger partial charge in [-0.1, -0.05) is 0 Å². The van der Waals surface area contributed by atoms with Gasteiger partial charge in [0.05, 0.1) is 0 Å². The Morgan fingerprint density at radius 3 is 2.93 bits per heavy atom. The fraction of sp³-hybridized carbons (Fsp3) is 0.100. The van der Waals surface area contributed by atoms with Gasteiger partial charge in [-0.2, -0.15) is 0 Å². The molecule has 0 aromatic carbocycles. The van der Waals surface area contributed by atoms with E-state index in [2.05, 4.69) is 9.97 Å². The van der Waals surface area contributed by atoms with Gasteiger partial charge in [-0.25, -0.2) is 9.78 Å². The van der Waals surface area contributed by atoms with Crippen LogP contribution in [0.3, 0.4) is 0 Å². The number of rotatable bonds is 1. The molecule has 0 unspecified atom stereocenters. The fourth-order valence-electron chi connectivity index (χ4n) is 1.33. The lowest BCUT2D eigenvalue weighted by molar-refractivity contribution is 0.0692. The molecule has 0 spiro atoms. The first-order chi connectivity index (χ1) is 6.68. The van der Waals surface area contributed by atoms with Crippen molar-refractivity contribution in [1.29, 1.82) is 0 Å². The van der Waals surface area contributed by atoms with Crippen LogP contribution in [-0.4, -0.2) is 21.0 Å². The van der Waals surface area contributed by atoms with E-state index in [0.29, 0.717) is 5.52 Å². The zero-order chi connectivity index (χ0) is 10.1. The Morgan fingerprint density at radius 1 is 1.43 bits per heavy atom. The van der Waals surface area contributed by atoms with Crippen molar-refractivity contribution in [1.82, 2.24) is 9.97 Å². The van der Waals surface area contributed by atoms with Crippen LogP contribution < -0.4 is 0 Å². The molecular weight excluding hydrogens is 180 g/mol. The van der Waals surface area contributed by atoms with Gasteiger partial charge in [0.15, 0.2) is 5.69 Å². The number of fused-ring (bicyclic) bond motifs is 1. The van der Waals surface area contributed by atoms with Gasteiger partial charge in [0.1, 0.15) is 5.52 Å². The molecule has 0 fully saturated rings. The number of aromatic nitrogens is 2. The highest BCUT2D eigenvalue weighted by Crippen LogP contribution is 2.15. The Bertz CT molecular complexity index is 508. The molecule has 0 radical (unpaired) electrons. The Labute approximate surface area is 80.2 Å². The first-order valence-corrected chi connectivity index (χ1v) is 4.13. The zero-order valence-electron chi connectivity index (χ0n) is 7.56. The van der Waals surface area contributed by atoms with Gasteiger partial charge in [0.25, 0.3) is 0 Å². The van der Waals surface area contributed by atoms with Gasteiger partial charge in [0, 0.05) is 17.8 Å². The number of hydrogen-bond acceptors (Lipinski definition) is 3. The highest BCUT2D eigenvalue weighted by atomic mass is 16.4. The summed E-state index contributed by atoms with van der Waals surface area (Å²) in [5.41, 5.74) is 1.44. The number of carboxylic acid groups (broad SMARTS) is 1. The average Bonchev–Trinajstić information content (AvgIpc) is 2.16. The fourth-order valence-corrected chi connectivity index (χ4v) is 1.33. The van der Waals surface area contributed by atoms with Crippen LogP contribution in [0.5, 0.6) is 0 Å². The van der Waals surface area contributed by atoms with Crippen LogP contribution in [0, 0.1) is 6.92 Å². The Hall–Kier alpha value is -1.97. The lowest BCUT2D eigenvalue weighted by atomic mass is 10.2. The Kier molecular flexibility index (Phi) is 1.89. The Balaban J connectivity index is 2.81. The molecule has 4 nitrogen and oxygen atoms in total. The van der Waals surface area contributed by atoms with E-state index in [1.165, 1.54) is 6.20 Å². The summed E-state index contributed by atoms with van der Waals surface area (Å²) in [6.45, 7) is 1.91. The van der Waals surface area contributed by atoms with Crippen molar-refractivity contribution >= 4 is 16.9 Å². The van der Waals surface area contributed by atoms with Gasteiger partial charge in [-0.3, -0.25) is 4.98 Å². The highest BCUT2D eigenvalue weighted by Gasteiger charge is 2.10. The molecule has 14 heavy (non-hydrogen) atoms. The number of aromatic carboxylic acids is 1. The van der Waals surface area contributed by atoms with Crippen LogP contribution >= 0.6 is 0 Å². The number of carboxylic acids is 1. The maximum Gasteiger partial charge on any atom is 0.356 e. The van der Waals surface area contributed by atoms with Gasteiger partial charge in [-0.15, -0.1) is 0 Å². The predicted octanol–water partition coefficient (Wildman–Crippen LogP) is 1.64. The van der Waals surface area contributed by atoms with Crippen molar-refractivity contribution in [2.45, 2.75) is 6.92 Å². The molecular formula is C10H8N2O2. The average molecular weight is 188 g/mol. The van der Waals surface area contributed by atoms with E-state index < -0.39 is 5.97 Å². The molecule has 0 bridgehead atoms. The maximum atomic E-state index is 10.8. The molecule has 0 saturated heterocycles. The quantitative estimate of drug-likeness (QED) is 0.738. The maximum absolute atomic E-state index is 10.8. The molecule has 4 heteroatoms. The monoisotopic (exact) mass is 188 g/mol. The minimum absolute atomic E-state index is 0.00231. The second kappa shape index (κ2) is 3.06. The summed E-state index contributed by atoms with van der Waals surface area (Å²) in [5.74, 6) is -1.05. The summed E-state index contributed by atoms with van der Waals surface area (Å²) >= 11 is 0. The van der Waals surface area contributed by atoms with Gasteiger partial charge < -0.3 is 5.11 Å². The summed E-state index contributed by atoms with van der Waals surface area (Å²) in [6.07, 6.45) is 3.11. The lowest BCUT2D eigenvalue weighted by Gasteiger charge is -2.00. The zero-order valence-corrected chi connectivity index (χ0v) is 7.56. The van der Waals surface area contributed by atoms with Gasteiger partial charge >= 0.3 is 5.97 Å². The number of aryl methyl sites for hydroxylation is 1. The number of hydrogen-bond donors (Lipinski definition) is 1. The van der Waals surface area contributed by atoms with Crippen molar-refractivity contribution in [3.63, 3.8) is 0 Å². The molecule has 0 amide bonds. The number of nitrogens with zero attached hydrogens (tertiary/aromatic N) is 2. The Morgan fingerprint density at radius 2 is 2.21 bits per heavy atom. The third-order valence-corrected chi connectivity index (χ3v) is 1.94. The van der Waals surface area contributed by atoms with Crippen LogP contribution in [0.25, 0.3) is 10.9 Å².